The molecule has 0 spiro atoms. The van der Waals surface area contributed by atoms with Gasteiger partial charge in [0.2, 0.25) is 0 Å². The third-order valence-electron chi connectivity index (χ3n) is 3.55. The molecule has 1 aliphatic rings. The molecule has 1 saturated carbocycles. The third-order valence-corrected chi connectivity index (χ3v) is 3.55. The van der Waals surface area contributed by atoms with Crippen LogP contribution >= 0.6 is 0 Å². The van der Waals surface area contributed by atoms with Gasteiger partial charge < -0.3 is 10.1 Å². The van der Waals surface area contributed by atoms with Gasteiger partial charge in [0.05, 0.1) is 7.11 Å². The molecule has 0 bridgehead atoms. The van der Waals surface area contributed by atoms with Crippen LogP contribution < -0.4 is 10.1 Å². The number of pyridine rings is 1. The average Bonchev–Trinajstić information content (AvgIpc) is 3.27. The number of rotatable bonds is 4. The second kappa shape index (κ2) is 5.33. The normalized spacial score (nSPS) is 20.2. The molecule has 0 saturated heterocycles. The van der Waals surface area contributed by atoms with Gasteiger partial charge in [0.25, 0.3) is 5.91 Å². The summed E-state index contributed by atoms with van der Waals surface area (Å²) in [6.07, 6.45) is 4.60. The molecular weight excluding hydrogens is 252 g/mol. The van der Waals surface area contributed by atoms with Crippen molar-refractivity contribution in [2.45, 2.75) is 18.4 Å². The first-order valence-electron chi connectivity index (χ1n) is 6.63. The largest absolute Gasteiger partial charge is 0.497 e. The number of hydrogen-bond donors (Lipinski definition) is 1. The van der Waals surface area contributed by atoms with Gasteiger partial charge in [-0.25, -0.2) is 0 Å². The zero-order chi connectivity index (χ0) is 13.9. The summed E-state index contributed by atoms with van der Waals surface area (Å²) in [6.45, 7) is 0. The van der Waals surface area contributed by atoms with Crippen molar-refractivity contribution >= 4 is 5.91 Å². The maximum atomic E-state index is 12.2. The molecule has 3 rings (SSSR count). The van der Waals surface area contributed by atoms with E-state index < -0.39 is 0 Å². The topological polar surface area (TPSA) is 51.2 Å². The summed E-state index contributed by atoms with van der Waals surface area (Å²) < 4.78 is 5.13. The number of ether oxygens (including phenoxy) is 1. The minimum atomic E-state index is -0.0553. The van der Waals surface area contributed by atoms with Crippen LogP contribution in [0.25, 0.3) is 0 Å². The molecule has 2 atom stereocenters. The molecule has 2 aromatic rings. The average molecular weight is 268 g/mol. The van der Waals surface area contributed by atoms with Gasteiger partial charge in [-0.05, 0) is 36.2 Å². The molecule has 1 aromatic carbocycles. The molecule has 102 valence electrons. The van der Waals surface area contributed by atoms with E-state index in [-0.39, 0.29) is 11.9 Å². The van der Waals surface area contributed by atoms with Crippen molar-refractivity contribution < 1.29 is 9.53 Å². The predicted octanol–water partition coefficient (Wildman–Crippen LogP) is 2.38. The molecule has 20 heavy (non-hydrogen) atoms. The number of nitrogens with zero attached hydrogens (tertiary/aromatic N) is 1. The Labute approximate surface area is 117 Å². The summed E-state index contributed by atoms with van der Waals surface area (Å²) in [5.41, 5.74) is 1.81. The van der Waals surface area contributed by atoms with E-state index in [4.69, 9.17) is 4.74 Å². The van der Waals surface area contributed by atoms with Crippen LogP contribution in [0, 0.1) is 0 Å². The fourth-order valence-corrected chi connectivity index (χ4v) is 2.33. The fraction of sp³-hybridized carbons (Fsp3) is 0.250. The number of benzene rings is 1. The summed E-state index contributed by atoms with van der Waals surface area (Å²) in [4.78, 5) is 16.3. The van der Waals surface area contributed by atoms with Gasteiger partial charge in [0, 0.05) is 29.9 Å². The summed E-state index contributed by atoms with van der Waals surface area (Å²) in [5.74, 6) is 1.02. The van der Waals surface area contributed by atoms with Crippen molar-refractivity contribution in [3.63, 3.8) is 0 Å². The first-order chi connectivity index (χ1) is 9.78. The fourth-order valence-electron chi connectivity index (χ4n) is 2.33. The number of methoxy groups -OCH3 is 1. The quantitative estimate of drug-likeness (QED) is 0.926. The van der Waals surface area contributed by atoms with Crippen molar-refractivity contribution in [2.24, 2.45) is 0 Å². The van der Waals surface area contributed by atoms with E-state index in [0.717, 1.165) is 6.42 Å². The lowest BCUT2D eigenvalue weighted by molar-refractivity contribution is 0.0950. The van der Waals surface area contributed by atoms with E-state index in [1.807, 2.05) is 24.4 Å². The van der Waals surface area contributed by atoms with Gasteiger partial charge in [-0.3, -0.25) is 9.78 Å². The monoisotopic (exact) mass is 268 g/mol. The molecule has 1 amide bonds. The lowest BCUT2D eigenvalue weighted by atomic mass is 10.2. The second-order valence-corrected chi connectivity index (χ2v) is 4.94. The number of aromatic nitrogens is 1. The van der Waals surface area contributed by atoms with E-state index in [1.165, 1.54) is 5.56 Å². The molecule has 0 aliphatic heterocycles. The number of carbonyl (C=O) groups excluding carboxylic acids is 1. The predicted molar refractivity (Wildman–Crippen MR) is 75.8 cm³/mol. The highest BCUT2D eigenvalue weighted by atomic mass is 16.5. The first-order valence-corrected chi connectivity index (χ1v) is 6.63. The minimum Gasteiger partial charge on any atom is -0.497 e. The van der Waals surface area contributed by atoms with Crippen molar-refractivity contribution in [2.75, 3.05) is 7.11 Å². The van der Waals surface area contributed by atoms with E-state index in [0.29, 0.717) is 17.2 Å². The molecule has 1 fully saturated rings. The van der Waals surface area contributed by atoms with E-state index >= 15 is 0 Å². The molecule has 1 aliphatic carbocycles. The first kappa shape index (κ1) is 12.7. The Bertz CT molecular complexity index is 613. The molecule has 0 unspecified atom stereocenters. The standard InChI is InChI=1S/C16H16N2O2/c1-20-13-6-2-4-11(8-13)16(19)18-15-9-14(15)12-5-3-7-17-10-12/h2-8,10,14-15H,9H2,1H3,(H,18,19)/t14-,15+/m1/s1. The summed E-state index contributed by atoms with van der Waals surface area (Å²) in [7, 11) is 1.59. The van der Waals surface area contributed by atoms with E-state index in [1.54, 1.807) is 25.4 Å². The van der Waals surface area contributed by atoms with Gasteiger partial charge in [0.15, 0.2) is 0 Å². The Morgan fingerprint density at radius 2 is 2.25 bits per heavy atom. The lowest BCUT2D eigenvalue weighted by Gasteiger charge is -2.06. The molecule has 1 aromatic heterocycles. The Balaban J connectivity index is 1.63. The zero-order valence-corrected chi connectivity index (χ0v) is 11.2. The van der Waals surface area contributed by atoms with Gasteiger partial charge in [-0.2, -0.15) is 0 Å². The Morgan fingerprint density at radius 3 is 3.00 bits per heavy atom. The van der Waals surface area contributed by atoms with Crippen molar-refractivity contribution in [3.8, 4) is 5.75 Å². The molecular formula is C16H16N2O2. The number of hydrogen-bond acceptors (Lipinski definition) is 3. The summed E-state index contributed by atoms with van der Waals surface area (Å²) in [5, 5.41) is 3.05. The van der Waals surface area contributed by atoms with Crippen LogP contribution in [-0.4, -0.2) is 24.0 Å². The molecule has 4 heteroatoms. The summed E-state index contributed by atoms with van der Waals surface area (Å²) in [6, 6.07) is 11.4. The zero-order valence-electron chi connectivity index (χ0n) is 11.2. The maximum absolute atomic E-state index is 12.2. The van der Waals surface area contributed by atoms with Crippen LogP contribution in [-0.2, 0) is 0 Å². The highest BCUT2D eigenvalue weighted by molar-refractivity contribution is 5.95. The van der Waals surface area contributed by atoms with Crippen molar-refractivity contribution in [1.82, 2.24) is 10.3 Å². The van der Waals surface area contributed by atoms with Gasteiger partial charge in [-0.1, -0.05) is 12.1 Å². The van der Waals surface area contributed by atoms with Crippen molar-refractivity contribution in [3.05, 3.63) is 59.9 Å². The van der Waals surface area contributed by atoms with Gasteiger partial charge in [-0.15, -0.1) is 0 Å². The second-order valence-electron chi connectivity index (χ2n) is 4.94. The number of carbonyl (C=O) groups is 1. The van der Waals surface area contributed by atoms with Crippen molar-refractivity contribution in [1.29, 1.82) is 0 Å². The third kappa shape index (κ3) is 2.64. The SMILES string of the molecule is COc1cccc(C(=O)N[C@H]2C[C@@H]2c2cccnc2)c1. The number of nitrogens with one attached hydrogen (secondary N) is 1. The summed E-state index contributed by atoms with van der Waals surface area (Å²) >= 11 is 0. The van der Waals surface area contributed by atoms with Crippen LogP contribution in [0.15, 0.2) is 48.8 Å². The van der Waals surface area contributed by atoms with Crippen LogP contribution in [0.4, 0.5) is 0 Å². The van der Waals surface area contributed by atoms with Crippen LogP contribution in [0.2, 0.25) is 0 Å². The molecule has 1 heterocycles. The van der Waals surface area contributed by atoms with E-state index in [2.05, 4.69) is 16.4 Å². The Hall–Kier alpha value is -2.36. The lowest BCUT2D eigenvalue weighted by Crippen LogP contribution is -2.26. The van der Waals surface area contributed by atoms with Crippen LogP contribution in [0.3, 0.4) is 0 Å². The highest BCUT2D eigenvalue weighted by Gasteiger charge is 2.39. The smallest absolute Gasteiger partial charge is 0.251 e. The molecule has 4 nitrogen and oxygen atoms in total. The molecule has 1 N–H and O–H groups in total. The Kier molecular flexibility index (Phi) is 3.37. The van der Waals surface area contributed by atoms with Crippen LogP contribution in [0.5, 0.6) is 5.75 Å². The van der Waals surface area contributed by atoms with Gasteiger partial charge in [0.1, 0.15) is 5.75 Å². The molecule has 0 radical (unpaired) electrons. The van der Waals surface area contributed by atoms with Crippen LogP contribution in [0.1, 0.15) is 28.3 Å². The maximum Gasteiger partial charge on any atom is 0.251 e. The Morgan fingerprint density at radius 1 is 1.35 bits per heavy atom. The number of amides is 1. The van der Waals surface area contributed by atoms with Gasteiger partial charge >= 0.3 is 0 Å². The van der Waals surface area contributed by atoms with E-state index in [9.17, 15) is 4.79 Å². The highest BCUT2D eigenvalue weighted by Crippen LogP contribution is 2.40. The minimum absolute atomic E-state index is 0.0553.